The van der Waals surface area contributed by atoms with E-state index >= 15 is 0 Å². The number of para-hydroxylation sites is 2. The molecule has 0 spiro atoms. The molecule has 5 rings (SSSR count). The fourth-order valence-electron chi connectivity index (χ4n) is 4.10. The van der Waals surface area contributed by atoms with Gasteiger partial charge in [-0.1, -0.05) is 54.1 Å². The Morgan fingerprint density at radius 3 is 2.70 bits per heavy atom. The highest BCUT2D eigenvalue weighted by atomic mass is 35.5. The van der Waals surface area contributed by atoms with E-state index in [1.807, 2.05) is 66.7 Å². The Morgan fingerprint density at radius 1 is 1.15 bits per heavy atom. The van der Waals surface area contributed by atoms with Crippen LogP contribution in [0.4, 0.5) is 5.95 Å². The van der Waals surface area contributed by atoms with Gasteiger partial charge >= 0.3 is 0 Å². The van der Waals surface area contributed by atoms with E-state index in [2.05, 4.69) is 20.6 Å². The first-order valence-corrected chi connectivity index (χ1v) is 11.3. The predicted molar refractivity (Wildman–Crippen MR) is 135 cm³/mol. The zero-order valence-electron chi connectivity index (χ0n) is 17.7. The minimum absolute atomic E-state index is 0.137. The van der Waals surface area contributed by atoms with Crippen LogP contribution in [0.5, 0.6) is 0 Å². The van der Waals surface area contributed by atoms with Gasteiger partial charge in [-0.2, -0.15) is 0 Å². The van der Waals surface area contributed by atoms with Gasteiger partial charge in [-0.3, -0.25) is 9.79 Å². The summed E-state index contributed by atoms with van der Waals surface area (Å²) in [5.74, 6) is 0.141. The Bertz CT molecular complexity index is 1300. The van der Waals surface area contributed by atoms with Crippen molar-refractivity contribution in [1.29, 1.82) is 0 Å². The SMILES string of the molecule is CN1C(=O)C(NC(=S)Nc2nc3ccccc3[nH]2)N=C(c2ccccc2)C2CC(Cl)=CC=C21. The number of thiocarbonyl (C=S) groups is 1. The summed E-state index contributed by atoms with van der Waals surface area (Å²) >= 11 is 11.9. The summed E-state index contributed by atoms with van der Waals surface area (Å²) < 4.78 is 0. The van der Waals surface area contributed by atoms with Crippen LogP contribution < -0.4 is 10.6 Å². The molecule has 0 saturated heterocycles. The molecule has 0 fully saturated rings. The molecular weight excluding hydrogens is 456 g/mol. The quantitative estimate of drug-likeness (QED) is 0.494. The molecule has 3 N–H and O–H groups in total. The number of hydrogen-bond donors (Lipinski definition) is 3. The monoisotopic (exact) mass is 476 g/mol. The number of fused-ring (bicyclic) bond motifs is 2. The van der Waals surface area contributed by atoms with E-state index in [4.69, 9.17) is 28.8 Å². The van der Waals surface area contributed by atoms with Gasteiger partial charge in [0, 0.05) is 23.7 Å². The van der Waals surface area contributed by atoms with Crippen molar-refractivity contribution in [1.82, 2.24) is 20.2 Å². The molecule has 2 aromatic carbocycles. The summed E-state index contributed by atoms with van der Waals surface area (Å²) in [7, 11) is 1.75. The summed E-state index contributed by atoms with van der Waals surface area (Å²) in [6.45, 7) is 0. The van der Waals surface area contributed by atoms with Crippen LogP contribution in [0, 0.1) is 5.92 Å². The normalized spacial score (nSPS) is 20.4. The van der Waals surface area contributed by atoms with Gasteiger partial charge in [0.25, 0.3) is 5.91 Å². The molecular formula is C24H21ClN6OS. The lowest BCUT2D eigenvalue weighted by atomic mass is 9.87. The van der Waals surface area contributed by atoms with Gasteiger partial charge in [-0.05, 0) is 48.5 Å². The predicted octanol–water partition coefficient (Wildman–Crippen LogP) is 4.16. The molecule has 0 saturated carbocycles. The lowest BCUT2D eigenvalue weighted by Crippen LogP contribution is -2.46. The van der Waals surface area contributed by atoms with Gasteiger partial charge in [0.2, 0.25) is 12.1 Å². The third-order valence-corrected chi connectivity index (χ3v) is 6.20. The van der Waals surface area contributed by atoms with Crippen LogP contribution in [-0.4, -0.2) is 44.8 Å². The molecule has 2 unspecified atom stereocenters. The standard InChI is InChI=1S/C24H21ClN6OS/c1-31-19-12-11-15(25)13-16(19)20(14-7-3-2-4-8-14)28-21(22(31)32)29-24(33)30-23-26-17-9-5-6-10-18(17)27-23/h2-12,16,21H,13H2,1H3,(H3,26,27,29,30,33). The van der Waals surface area contributed by atoms with Crippen molar-refractivity contribution in [3.63, 3.8) is 0 Å². The van der Waals surface area contributed by atoms with E-state index in [0.717, 1.165) is 33.0 Å². The number of carbonyl (C=O) groups excluding carboxylic acids is 1. The number of hydrogen-bond acceptors (Lipinski definition) is 4. The molecule has 2 atom stereocenters. The van der Waals surface area contributed by atoms with Crippen molar-refractivity contribution >= 4 is 57.5 Å². The van der Waals surface area contributed by atoms with E-state index in [0.29, 0.717) is 12.4 Å². The maximum atomic E-state index is 13.3. The van der Waals surface area contributed by atoms with E-state index in [-0.39, 0.29) is 16.9 Å². The minimum Gasteiger partial charge on any atom is -0.333 e. The van der Waals surface area contributed by atoms with Crippen LogP contribution >= 0.6 is 23.8 Å². The van der Waals surface area contributed by atoms with Gasteiger partial charge in [0.15, 0.2) is 5.11 Å². The van der Waals surface area contributed by atoms with Crippen molar-refractivity contribution in [2.24, 2.45) is 10.9 Å². The zero-order valence-corrected chi connectivity index (χ0v) is 19.3. The van der Waals surface area contributed by atoms with Crippen molar-refractivity contribution in [3.05, 3.63) is 83.0 Å². The molecule has 166 valence electrons. The number of aromatic nitrogens is 2. The third kappa shape index (κ3) is 4.27. The molecule has 0 radical (unpaired) electrons. The van der Waals surface area contributed by atoms with Crippen LogP contribution in [0.15, 0.2) is 82.5 Å². The summed E-state index contributed by atoms with van der Waals surface area (Å²) in [6, 6.07) is 17.5. The molecule has 0 bridgehead atoms. The highest BCUT2D eigenvalue weighted by Crippen LogP contribution is 2.34. The second-order valence-electron chi connectivity index (χ2n) is 7.84. The molecule has 1 aromatic heterocycles. The first kappa shape index (κ1) is 21.4. The lowest BCUT2D eigenvalue weighted by molar-refractivity contribution is -0.129. The van der Waals surface area contributed by atoms with Crippen LogP contribution in [0.3, 0.4) is 0 Å². The number of carbonyl (C=O) groups is 1. The van der Waals surface area contributed by atoms with Gasteiger partial charge in [-0.15, -0.1) is 0 Å². The fourth-order valence-corrected chi connectivity index (χ4v) is 4.52. The number of aromatic amines is 1. The Kier molecular flexibility index (Phi) is 5.70. The number of allylic oxidation sites excluding steroid dienone is 4. The van der Waals surface area contributed by atoms with E-state index < -0.39 is 6.17 Å². The lowest BCUT2D eigenvalue weighted by Gasteiger charge is -2.28. The number of H-pyrrole nitrogens is 1. The van der Waals surface area contributed by atoms with E-state index in [9.17, 15) is 4.79 Å². The number of aliphatic imine (C=N–C) groups is 1. The average Bonchev–Trinajstić information content (AvgIpc) is 3.19. The number of nitrogens with one attached hydrogen (secondary N) is 3. The maximum Gasteiger partial charge on any atom is 0.271 e. The molecule has 1 aliphatic heterocycles. The Labute approximate surface area is 201 Å². The molecule has 33 heavy (non-hydrogen) atoms. The first-order chi connectivity index (χ1) is 16.0. The molecule has 3 aromatic rings. The van der Waals surface area contributed by atoms with Crippen LogP contribution in [-0.2, 0) is 4.79 Å². The number of rotatable bonds is 3. The second kappa shape index (κ2) is 8.80. The molecule has 9 heteroatoms. The number of nitrogens with zero attached hydrogens (tertiary/aromatic N) is 3. The van der Waals surface area contributed by atoms with E-state index in [1.165, 1.54) is 0 Å². The Morgan fingerprint density at radius 2 is 1.91 bits per heavy atom. The number of likely N-dealkylation sites (N-methyl/N-ethyl adjacent to an activating group) is 1. The smallest absolute Gasteiger partial charge is 0.271 e. The highest BCUT2D eigenvalue weighted by molar-refractivity contribution is 7.80. The molecule has 2 heterocycles. The number of benzene rings is 2. The number of amides is 1. The highest BCUT2D eigenvalue weighted by Gasteiger charge is 2.36. The van der Waals surface area contributed by atoms with Crippen LogP contribution in [0.25, 0.3) is 11.0 Å². The molecule has 2 aliphatic rings. The first-order valence-electron chi connectivity index (χ1n) is 10.5. The van der Waals surface area contributed by atoms with Gasteiger partial charge in [0.1, 0.15) is 0 Å². The summed E-state index contributed by atoms with van der Waals surface area (Å²) in [5.41, 5.74) is 4.28. The molecule has 1 aliphatic carbocycles. The maximum absolute atomic E-state index is 13.3. The van der Waals surface area contributed by atoms with Crippen molar-refractivity contribution < 1.29 is 4.79 Å². The van der Waals surface area contributed by atoms with Gasteiger partial charge in [-0.25, -0.2) is 4.98 Å². The van der Waals surface area contributed by atoms with Crippen molar-refractivity contribution in [3.8, 4) is 0 Å². The van der Waals surface area contributed by atoms with Crippen LogP contribution in [0.1, 0.15) is 12.0 Å². The Balaban J connectivity index is 1.46. The fraction of sp³-hybridized carbons (Fsp3) is 0.167. The number of halogens is 1. The van der Waals surface area contributed by atoms with Crippen molar-refractivity contribution in [2.45, 2.75) is 12.6 Å². The summed E-state index contributed by atoms with van der Waals surface area (Å²) in [6.07, 6.45) is 3.40. The molecule has 1 amide bonds. The summed E-state index contributed by atoms with van der Waals surface area (Å²) in [5, 5.41) is 7.05. The zero-order chi connectivity index (χ0) is 22.9. The summed E-state index contributed by atoms with van der Waals surface area (Å²) in [4.78, 5) is 27.5. The van der Waals surface area contributed by atoms with E-state index in [1.54, 1.807) is 11.9 Å². The Hall–Kier alpha value is -3.49. The minimum atomic E-state index is -0.903. The van der Waals surface area contributed by atoms with Gasteiger partial charge in [0.05, 0.1) is 16.7 Å². The number of imidazole rings is 1. The second-order valence-corrected chi connectivity index (χ2v) is 8.74. The van der Waals surface area contributed by atoms with Gasteiger partial charge < -0.3 is 20.5 Å². The van der Waals surface area contributed by atoms with Crippen molar-refractivity contribution in [2.75, 3.05) is 12.4 Å². The topological polar surface area (TPSA) is 85.4 Å². The average molecular weight is 477 g/mol. The largest absolute Gasteiger partial charge is 0.333 e. The molecule has 7 nitrogen and oxygen atoms in total. The third-order valence-electron chi connectivity index (χ3n) is 5.70. The van der Waals surface area contributed by atoms with Crippen LogP contribution in [0.2, 0.25) is 0 Å². The number of anilines is 1.